The number of rotatable bonds is 6. The van der Waals surface area contributed by atoms with Crippen molar-refractivity contribution in [2.45, 2.75) is 26.9 Å². The van der Waals surface area contributed by atoms with Crippen molar-refractivity contribution < 1.29 is 4.39 Å². The van der Waals surface area contributed by atoms with E-state index in [9.17, 15) is 4.39 Å². The summed E-state index contributed by atoms with van der Waals surface area (Å²) in [5.74, 6) is 0.542. The first-order valence-corrected chi connectivity index (χ1v) is 9.42. The average molecular weight is 494 g/mol. The maximum absolute atomic E-state index is 13.7. The summed E-state index contributed by atoms with van der Waals surface area (Å²) in [5.41, 5.74) is 3.95. The van der Waals surface area contributed by atoms with Gasteiger partial charge in [0, 0.05) is 31.9 Å². The topological polar surface area (TPSA) is 39.7 Å². The van der Waals surface area contributed by atoms with Gasteiger partial charge in [0.15, 0.2) is 5.96 Å². The molecule has 0 aromatic heterocycles. The Morgan fingerprint density at radius 3 is 2.36 bits per heavy atom. The van der Waals surface area contributed by atoms with Gasteiger partial charge in [0.2, 0.25) is 0 Å². The van der Waals surface area contributed by atoms with Crippen LogP contribution in [0.15, 0.2) is 59.6 Å². The average Bonchev–Trinajstić information content (AvgIpc) is 3.22. The third kappa shape index (κ3) is 6.22. The number of halogens is 2. The quantitative estimate of drug-likeness (QED) is 0.271. The highest BCUT2D eigenvalue weighted by Crippen LogP contribution is 2.17. The van der Waals surface area contributed by atoms with Gasteiger partial charge in [-0.1, -0.05) is 36.4 Å². The molecule has 0 saturated heterocycles. The number of anilines is 1. The summed E-state index contributed by atoms with van der Waals surface area (Å²) in [6.45, 7) is 7.65. The third-order valence-electron chi connectivity index (χ3n) is 4.58. The van der Waals surface area contributed by atoms with Crippen LogP contribution in [0, 0.1) is 12.7 Å². The maximum atomic E-state index is 13.7. The molecule has 0 unspecified atom stereocenters. The molecule has 0 spiro atoms. The molecule has 6 heteroatoms. The second-order valence-electron chi connectivity index (χ2n) is 6.68. The number of benzene rings is 2. The lowest BCUT2D eigenvalue weighted by Crippen LogP contribution is -2.36. The van der Waals surface area contributed by atoms with Crippen LogP contribution in [-0.4, -0.2) is 25.6 Å². The van der Waals surface area contributed by atoms with E-state index in [0.717, 1.165) is 31.2 Å². The highest BCUT2D eigenvalue weighted by atomic mass is 127. The standard InChI is InChI=1S/C22H27FN4.HI/c1-3-24-22(26-16-19-7-6-17(2)21(23)14-19)25-15-18-8-10-20(11-9-18)27-12-4-5-13-27;/h4-11,14H,3,12-13,15-16H2,1-2H3,(H2,24,25,26);1H. The smallest absolute Gasteiger partial charge is 0.191 e. The molecule has 4 nitrogen and oxygen atoms in total. The summed E-state index contributed by atoms with van der Waals surface area (Å²) in [6.07, 6.45) is 4.38. The van der Waals surface area contributed by atoms with Gasteiger partial charge in [-0.3, -0.25) is 0 Å². The van der Waals surface area contributed by atoms with Crippen LogP contribution in [0.1, 0.15) is 23.6 Å². The van der Waals surface area contributed by atoms with Crippen molar-refractivity contribution in [3.8, 4) is 0 Å². The molecule has 0 aliphatic carbocycles. The van der Waals surface area contributed by atoms with Crippen molar-refractivity contribution in [2.24, 2.45) is 4.99 Å². The summed E-state index contributed by atoms with van der Waals surface area (Å²) < 4.78 is 13.7. The SMILES string of the molecule is CCNC(=NCc1ccc(C)c(F)c1)NCc1ccc(N2CC=CC2)cc1.I. The molecule has 2 N–H and O–H groups in total. The number of aryl methyl sites for hydroxylation is 1. The lowest BCUT2D eigenvalue weighted by atomic mass is 10.1. The van der Waals surface area contributed by atoms with Gasteiger partial charge in [-0.15, -0.1) is 24.0 Å². The van der Waals surface area contributed by atoms with Crippen LogP contribution in [0.3, 0.4) is 0 Å². The Kier molecular flexibility index (Phi) is 8.76. The molecule has 1 aliphatic rings. The zero-order chi connectivity index (χ0) is 19.1. The van der Waals surface area contributed by atoms with E-state index in [-0.39, 0.29) is 29.8 Å². The first kappa shape index (κ1) is 22.2. The normalized spacial score (nSPS) is 13.4. The highest BCUT2D eigenvalue weighted by molar-refractivity contribution is 14.0. The lowest BCUT2D eigenvalue weighted by Gasteiger charge is -2.18. The maximum Gasteiger partial charge on any atom is 0.191 e. The number of guanidine groups is 1. The Labute approximate surface area is 184 Å². The van der Waals surface area contributed by atoms with Gasteiger partial charge in [-0.05, 0) is 48.7 Å². The van der Waals surface area contributed by atoms with Gasteiger partial charge < -0.3 is 15.5 Å². The predicted octanol–water partition coefficient (Wildman–Crippen LogP) is 4.38. The molecule has 3 rings (SSSR count). The fourth-order valence-corrected chi connectivity index (χ4v) is 2.95. The van der Waals surface area contributed by atoms with Gasteiger partial charge in [0.25, 0.3) is 0 Å². The zero-order valence-electron chi connectivity index (χ0n) is 16.4. The van der Waals surface area contributed by atoms with Gasteiger partial charge in [-0.2, -0.15) is 0 Å². The molecule has 2 aromatic rings. The first-order chi connectivity index (χ1) is 13.2. The van der Waals surface area contributed by atoms with E-state index in [0.29, 0.717) is 18.7 Å². The van der Waals surface area contributed by atoms with E-state index in [1.165, 1.54) is 11.3 Å². The van der Waals surface area contributed by atoms with Gasteiger partial charge in [0.05, 0.1) is 6.54 Å². The van der Waals surface area contributed by atoms with Crippen molar-refractivity contribution in [1.82, 2.24) is 10.6 Å². The highest BCUT2D eigenvalue weighted by Gasteiger charge is 2.07. The molecule has 1 heterocycles. The third-order valence-corrected chi connectivity index (χ3v) is 4.58. The van der Waals surface area contributed by atoms with E-state index in [1.54, 1.807) is 19.1 Å². The Morgan fingerprint density at radius 2 is 1.71 bits per heavy atom. The minimum Gasteiger partial charge on any atom is -0.364 e. The number of aliphatic imine (C=N–C) groups is 1. The Morgan fingerprint density at radius 1 is 1.04 bits per heavy atom. The molecule has 0 atom stereocenters. The largest absolute Gasteiger partial charge is 0.364 e. The second kappa shape index (κ2) is 11.0. The molecule has 0 radical (unpaired) electrons. The van der Waals surface area contributed by atoms with Gasteiger partial charge >= 0.3 is 0 Å². The molecule has 150 valence electrons. The Bertz CT molecular complexity index is 810. The van der Waals surface area contributed by atoms with Crippen LogP contribution in [0.25, 0.3) is 0 Å². The number of nitrogens with one attached hydrogen (secondary N) is 2. The van der Waals surface area contributed by atoms with Crippen molar-refractivity contribution in [2.75, 3.05) is 24.5 Å². The minimum absolute atomic E-state index is 0. The van der Waals surface area contributed by atoms with Crippen LogP contribution in [0.2, 0.25) is 0 Å². The number of hydrogen-bond acceptors (Lipinski definition) is 2. The number of hydrogen-bond donors (Lipinski definition) is 2. The zero-order valence-corrected chi connectivity index (χ0v) is 18.7. The lowest BCUT2D eigenvalue weighted by molar-refractivity contribution is 0.616. The van der Waals surface area contributed by atoms with E-state index in [1.807, 2.05) is 13.0 Å². The van der Waals surface area contributed by atoms with Gasteiger partial charge in [0.1, 0.15) is 5.82 Å². The molecule has 0 saturated carbocycles. The monoisotopic (exact) mass is 494 g/mol. The number of nitrogens with zero attached hydrogens (tertiary/aromatic N) is 2. The van der Waals surface area contributed by atoms with E-state index >= 15 is 0 Å². The first-order valence-electron chi connectivity index (χ1n) is 9.42. The van der Waals surface area contributed by atoms with Crippen molar-refractivity contribution in [1.29, 1.82) is 0 Å². The molecule has 0 fully saturated rings. The van der Waals surface area contributed by atoms with Crippen molar-refractivity contribution in [3.05, 3.63) is 77.1 Å². The second-order valence-corrected chi connectivity index (χ2v) is 6.68. The molecule has 2 aromatic carbocycles. The molecular formula is C22H28FIN4. The summed E-state index contributed by atoms with van der Waals surface area (Å²) in [6, 6.07) is 13.8. The van der Waals surface area contributed by atoms with Crippen molar-refractivity contribution in [3.63, 3.8) is 0 Å². The summed E-state index contributed by atoms with van der Waals surface area (Å²) >= 11 is 0. The molecule has 0 amide bonds. The fourth-order valence-electron chi connectivity index (χ4n) is 2.95. The fraction of sp³-hybridized carbons (Fsp3) is 0.318. The van der Waals surface area contributed by atoms with Crippen molar-refractivity contribution >= 4 is 35.6 Å². The van der Waals surface area contributed by atoms with E-state index < -0.39 is 0 Å². The summed E-state index contributed by atoms with van der Waals surface area (Å²) in [4.78, 5) is 6.88. The van der Waals surface area contributed by atoms with Crippen LogP contribution in [-0.2, 0) is 13.1 Å². The Hall–Kier alpha value is -2.09. The van der Waals surface area contributed by atoms with Crippen LogP contribution in [0.4, 0.5) is 10.1 Å². The van der Waals surface area contributed by atoms with E-state index in [4.69, 9.17) is 0 Å². The van der Waals surface area contributed by atoms with Gasteiger partial charge in [-0.25, -0.2) is 9.38 Å². The predicted molar refractivity (Wildman–Crippen MR) is 126 cm³/mol. The minimum atomic E-state index is -0.186. The summed E-state index contributed by atoms with van der Waals surface area (Å²) in [5, 5.41) is 6.58. The molecule has 28 heavy (non-hydrogen) atoms. The molecular weight excluding hydrogens is 466 g/mol. The van der Waals surface area contributed by atoms with Crippen LogP contribution >= 0.6 is 24.0 Å². The molecule has 1 aliphatic heterocycles. The summed E-state index contributed by atoms with van der Waals surface area (Å²) in [7, 11) is 0. The van der Waals surface area contributed by atoms with Crippen LogP contribution < -0.4 is 15.5 Å². The van der Waals surface area contributed by atoms with E-state index in [2.05, 4.69) is 56.9 Å². The van der Waals surface area contributed by atoms with Crippen LogP contribution in [0.5, 0.6) is 0 Å². The molecule has 0 bridgehead atoms. The Balaban J connectivity index is 0.00000280.